The summed E-state index contributed by atoms with van der Waals surface area (Å²) in [5.41, 5.74) is 4.15. The average molecular weight is 268 g/mol. The maximum atomic E-state index is 11.7. The van der Waals surface area contributed by atoms with Gasteiger partial charge in [0.15, 0.2) is 0 Å². The molecule has 0 heterocycles. The van der Waals surface area contributed by atoms with Crippen molar-refractivity contribution in [3.63, 3.8) is 0 Å². The number of amides is 1. The second-order valence-electron chi connectivity index (χ2n) is 4.32. The Labute approximate surface area is 117 Å². The molecule has 0 saturated heterocycles. The van der Waals surface area contributed by atoms with Crippen molar-refractivity contribution in [2.45, 2.75) is 12.8 Å². The first kappa shape index (κ1) is 13.8. The molecule has 4 nitrogen and oxygen atoms in total. The van der Waals surface area contributed by atoms with Crippen LogP contribution in [0.25, 0.3) is 0 Å². The van der Waals surface area contributed by atoms with Crippen LogP contribution < -0.4 is 5.43 Å². The standard InChI is InChI=1S/C16H16N2O2/c19-15-10-8-14(9-11-15)16(20)18-17-12-4-7-13-5-2-1-3-6-13/h1-3,5-6,8-12,19H,4,7H2,(H,18,20). The van der Waals surface area contributed by atoms with Crippen LogP contribution in [0.4, 0.5) is 0 Å². The minimum Gasteiger partial charge on any atom is -0.508 e. The number of carbonyl (C=O) groups is 1. The van der Waals surface area contributed by atoms with E-state index in [0.29, 0.717) is 5.56 Å². The maximum Gasteiger partial charge on any atom is 0.271 e. The summed E-state index contributed by atoms with van der Waals surface area (Å²) in [5.74, 6) is -0.158. The van der Waals surface area contributed by atoms with Crippen molar-refractivity contribution in [3.05, 3.63) is 65.7 Å². The number of hydrazone groups is 1. The molecule has 0 aliphatic carbocycles. The lowest BCUT2D eigenvalue weighted by atomic mass is 10.1. The van der Waals surface area contributed by atoms with E-state index in [1.807, 2.05) is 18.2 Å². The van der Waals surface area contributed by atoms with Crippen LogP contribution in [-0.2, 0) is 6.42 Å². The Morgan fingerprint density at radius 1 is 1.10 bits per heavy atom. The second kappa shape index (κ2) is 7.09. The molecule has 0 atom stereocenters. The number of nitrogens with zero attached hydrogens (tertiary/aromatic N) is 1. The van der Waals surface area contributed by atoms with Crippen molar-refractivity contribution in [1.29, 1.82) is 0 Å². The van der Waals surface area contributed by atoms with Gasteiger partial charge in [-0.1, -0.05) is 30.3 Å². The van der Waals surface area contributed by atoms with E-state index in [9.17, 15) is 4.79 Å². The Hall–Kier alpha value is -2.62. The van der Waals surface area contributed by atoms with Gasteiger partial charge >= 0.3 is 0 Å². The minimum atomic E-state index is -0.291. The zero-order valence-electron chi connectivity index (χ0n) is 11.0. The number of carbonyl (C=O) groups excluding carboxylic acids is 1. The number of aryl methyl sites for hydroxylation is 1. The molecular weight excluding hydrogens is 252 g/mol. The van der Waals surface area contributed by atoms with Crippen LogP contribution >= 0.6 is 0 Å². The highest BCUT2D eigenvalue weighted by Gasteiger charge is 2.02. The topological polar surface area (TPSA) is 61.7 Å². The molecule has 1 amide bonds. The number of hydrogen-bond donors (Lipinski definition) is 2. The number of nitrogens with one attached hydrogen (secondary N) is 1. The number of rotatable bonds is 5. The molecule has 0 aliphatic heterocycles. The molecule has 0 fully saturated rings. The zero-order valence-corrected chi connectivity index (χ0v) is 11.0. The Morgan fingerprint density at radius 3 is 2.50 bits per heavy atom. The molecule has 0 aromatic heterocycles. The third-order valence-electron chi connectivity index (χ3n) is 2.79. The lowest BCUT2D eigenvalue weighted by Crippen LogP contribution is -2.17. The van der Waals surface area contributed by atoms with Gasteiger partial charge in [0.25, 0.3) is 5.91 Å². The third-order valence-corrected chi connectivity index (χ3v) is 2.79. The van der Waals surface area contributed by atoms with Crippen LogP contribution in [0.3, 0.4) is 0 Å². The second-order valence-corrected chi connectivity index (χ2v) is 4.32. The monoisotopic (exact) mass is 268 g/mol. The van der Waals surface area contributed by atoms with E-state index >= 15 is 0 Å². The normalized spacial score (nSPS) is 10.6. The van der Waals surface area contributed by atoms with Gasteiger partial charge in [-0.05, 0) is 42.7 Å². The van der Waals surface area contributed by atoms with Crippen molar-refractivity contribution in [3.8, 4) is 5.75 Å². The highest BCUT2D eigenvalue weighted by molar-refractivity contribution is 5.94. The SMILES string of the molecule is O=C(NN=CCCc1ccccc1)c1ccc(O)cc1. The van der Waals surface area contributed by atoms with E-state index in [4.69, 9.17) is 5.11 Å². The molecule has 2 N–H and O–H groups in total. The molecule has 20 heavy (non-hydrogen) atoms. The summed E-state index contributed by atoms with van der Waals surface area (Å²) in [6.45, 7) is 0. The molecule has 102 valence electrons. The van der Waals surface area contributed by atoms with Crippen LogP contribution in [0.1, 0.15) is 22.3 Å². The Bertz CT molecular complexity index is 577. The maximum absolute atomic E-state index is 11.7. The van der Waals surface area contributed by atoms with Crippen molar-refractivity contribution in [2.24, 2.45) is 5.10 Å². The first-order chi connectivity index (χ1) is 9.75. The van der Waals surface area contributed by atoms with Gasteiger partial charge in [-0.3, -0.25) is 4.79 Å². The summed E-state index contributed by atoms with van der Waals surface area (Å²) in [6.07, 6.45) is 3.34. The van der Waals surface area contributed by atoms with Gasteiger partial charge in [0.05, 0.1) is 0 Å². The lowest BCUT2D eigenvalue weighted by molar-refractivity contribution is 0.0955. The van der Waals surface area contributed by atoms with Crippen molar-refractivity contribution >= 4 is 12.1 Å². The lowest BCUT2D eigenvalue weighted by Gasteiger charge is -2.00. The van der Waals surface area contributed by atoms with E-state index in [2.05, 4.69) is 22.7 Å². The number of hydrogen-bond acceptors (Lipinski definition) is 3. The highest BCUT2D eigenvalue weighted by atomic mass is 16.3. The van der Waals surface area contributed by atoms with E-state index in [-0.39, 0.29) is 11.7 Å². The molecule has 2 aromatic rings. The summed E-state index contributed by atoms with van der Waals surface area (Å²) < 4.78 is 0. The predicted molar refractivity (Wildman–Crippen MR) is 78.8 cm³/mol. The van der Waals surface area contributed by atoms with Crippen LogP contribution in [-0.4, -0.2) is 17.2 Å². The smallest absolute Gasteiger partial charge is 0.271 e. The average Bonchev–Trinajstić information content (AvgIpc) is 2.48. The number of aromatic hydroxyl groups is 1. The summed E-state index contributed by atoms with van der Waals surface area (Å²) in [5, 5.41) is 13.0. The van der Waals surface area contributed by atoms with E-state index in [1.165, 1.54) is 17.7 Å². The molecule has 0 aliphatic rings. The van der Waals surface area contributed by atoms with Gasteiger partial charge in [-0.15, -0.1) is 0 Å². The van der Waals surface area contributed by atoms with Crippen LogP contribution in [0, 0.1) is 0 Å². The minimum absolute atomic E-state index is 0.132. The van der Waals surface area contributed by atoms with E-state index < -0.39 is 0 Å². The molecule has 0 spiro atoms. The molecule has 4 heteroatoms. The fraction of sp³-hybridized carbons (Fsp3) is 0.125. The first-order valence-electron chi connectivity index (χ1n) is 6.40. The molecule has 2 rings (SSSR count). The predicted octanol–water partition coefficient (Wildman–Crippen LogP) is 2.74. The Morgan fingerprint density at radius 2 is 1.80 bits per heavy atom. The van der Waals surface area contributed by atoms with Crippen molar-refractivity contribution in [2.75, 3.05) is 0 Å². The van der Waals surface area contributed by atoms with Crippen molar-refractivity contribution < 1.29 is 9.90 Å². The highest BCUT2D eigenvalue weighted by Crippen LogP contribution is 2.09. The van der Waals surface area contributed by atoms with Crippen LogP contribution in [0.2, 0.25) is 0 Å². The molecule has 0 unspecified atom stereocenters. The van der Waals surface area contributed by atoms with Gasteiger partial charge in [-0.25, -0.2) is 5.43 Å². The van der Waals surface area contributed by atoms with Gasteiger partial charge in [0.2, 0.25) is 0 Å². The fourth-order valence-electron chi connectivity index (χ4n) is 1.72. The zero-order chi connectivity index (χ0) is 14.2. The molecule has 0 saturated carbocycles. The third kappa shape index (κ3) is 4.24. The molecule has 2 aromatic carbocycles. The first-order valence-corrected chi connectivity index (χ1v) is 6.40. The number of benzene rings is 2. The number of phenolic OH excluding ortho intramolecular Hbond substituents is 1. The fourth-order valence-corrected chi connectivity index (χ4v) is 1.72. The Balaban J connectivity index is 1.76. The quantitative estimate of drug-likeness (QED) is 0.647. The molecule has 0 bridgehead atoms. The van der Waals surface area contributed by atoms with Crippen LogP contribution in [0.5, 0.6) is 5.75 Å². The van der Waals surface area contributed by atoms with Gasteiger partial charge in [0, 0.05) is 11.8 Å². The van der Waals surface area contributed by atoms with E-state index in [0.717, 1.165) is 12.8 Å². The molecule has 0 radical (unpaired) electrons. The summed E-state index contributed by atoms with van der Waals surface area (Å²) in [6, 6.07) is 16.1. The van der Waals surface area contributed by atoms with Crippen molar-refractivity contribution in [1.82, 2.24) is 5.43 Å². The largest absolute Gasteiger partial charge is 0.508 e. The summed E-state index contributed by atoms with van der Waals surface area (Å²) in [4.78, 5) is 11.7. The van der Waals surface area contributed by atoms with Crippen LogP contribution in [0.15, 0.2) is 59.7 Å². The van der Waals surface area contributed by atoms with Gasteiger partial charge in [-0.2, -0.15) is 5.10 Å². The summed E-state index contributed by atoms with van der Waals surface area (Å²) in [7, 11) is 0. The molecular formula is C16H16N2O2. The number of phenols is 1. The Kier molecular flexibility index (Phi) is 4.89. The summed E-state index contributed by atoms with van der Waals surface area (Å²) >= 11 is 0. The van der Waals surface area contributed by atoms with Gasteiger partial charge < -0.3 is 5.11 Å². The van der Waals surface area contributed by atoms with E-state index in [1.54, 1.807) is 18.3 Å². The van der Waals surface area contributed by atoms with Gasteiger partial charge in [0.1, 0.15) is 5.75 Å².